The van der Waals surface area contributed by atoms with E-state index in [1.165, 1.54) is 0 Å². The molecule has 0 atom stereocenters. The largest absolute Gasteiger partial charge is 0.326 e. The maximum atomic E-state index is 12.2. The van der Waals surface area contributed by atoms with Crippen LogP contribution in [0.3, 0.4) is 0 Å². The van der Waals surface area contributed by atoms with Crippen molar-refractivity contribution in [3.05, 3.63) is 53.6 Å². The van der Waals surface area contributed by atoms with Crippen LogP contribution >= 0.6 is 17.0 Å². The zero-order chi connectivity index (χ0) is 18.3. The maximum absolute atomic E-state index is 12.2. The van der Waals surface area contributed by atoms with Gasteiger partial charge in [-0.3, -0.25) is 4.55 Å². The van der Waals surface area contributed by atoms with E-state index in [1.54, 1.807) is 6.07 Å². The van der Waals surface area contributed by atoms with Gasteiger partial charge >= 0.3 is 0 Å². The Morgan fingerprint density at radius 3 is 2.27 bits per heavy atom. The Labute approximate surface area is 166 Å². The molecule has 0 aliphatic carbocycles. The van der Waals surface area contributed by atoms with E-state index < -0.39 is 10.1 Å². The summed E-state index contributed by atoms with van der Waals surface area (Å²) in [5.74, 6) is 0. The van der Waals surface area contributed by atoms with E-state index in [0.717, 1.165) is 31.5 Å². The summed E-state index contributed by atoms with van der Waals surface area (Å²) in [6.45, 7) is 4.04. The molecule has 144 valence electrons. The average Bonchev–Trinajstić information content (AvgIpc) is 2.60. The fourth-order valence-electron chi connectivity index (χ4n) is 2.96. The number of benzene rings is 2. The number of rotatable bonds is 9. The first kappa shape index (κ1) is 22.8. The Hall–Kier alpha value is -1.25. The normalized spacial score (nSPS) is 11.2. The minimum absolute atomic E-state index is 0. The van der Waals surface area contributed by atoms with Gasteiger partial charge in [0.2, 0.25) is 0 Å². The lowest BCUT2D eigenvalue weighted by Crippen LogP contribution is -2.17. The van der Waals surface area contributed by atoms with Crippen molar-refractivity contribution in [2.24, 2.45) is 5.73 Å². The van der Waals surface area contributed by atoms with E-state index in [-0.39, 0.29) is 28.4 Å². The molecule has 0 aliphatic rings. The van der Waals surface area contributed by atoms with Crippen LogP contribution in [-0.2, 0) is 23.1 Å². The minimum Gasteiger partial charge on any atom is -0.326 e. The quantitative estimate of drug-likeness (QED) is 0.407. The highest BCUT2D eigenvalue weighted by Crippen LogP contribution is 2.34. The molecule has 2 rings (SSSR count). The molecule has 0 saturated carbocycles. The summed E-state index contributed by atoms with van der Waals surface area (Å²) in [4.78, 5) is -0.0165. The van der Waals surface area contributed by atoms with E-state index in [4.69, 9.17) is 5.73 Å². The lowest BCUT2D eigenvalue weighted by atomic mass is 9.95. The lowest BCUT2D eigenvalue weighted by molar-refractivity contribution is 0.482. The summed E-state index contributed by atoms with van der Waals surface area (Å²) in [6, 6.07) is 12.8. The van der Waals surface area contributed by atoms with Crippen molar-refractivity contribution < 1.29 is 13.0 Å². The zero-order valence-electron chi connectivity index (χ0n) is 14.9. The number of hydrogen-bond donors (Lipinski definition) is 3. The molecule has 0 amide bonds. The summed E-state index contributed by atoms with van der Waals surface area (Å²) in [6.07, 6.45) is 2.41. The molecule has 26 heavy (non-hydrogen) atoms. The van der Waals surface area contributed by atoms with Crippen LogP contribution in [0, 0.1) is 0 Å². The summed E-state index contributed by atoms with van der Waals surface area (Å²) in [5, 5.41) is 3.30. The smallest absolute Gasteiger partial charge is 0.295 e. The second-order valence-electron chi connectivity index (χ2n) is 5.99. The zero-order valence-corrected chi connectivity index (χ0v) is 17.5. The summed E-state index contributed by atoms with van der Waals surface area (Å²) < 4.78 is 34.2. The van der Waals surface area contributed by atoms with E-state index in [1.807, 2.05) is 36.4 Å². The Morgan fingerprint density at radius 2 is 1.69 bits per heavy atom. The van der Waals surface area contributed by atoms with Gasteiger partial charge in [0.25, 0.3) is 10.1 Å². The number of nitrogens with one attached hydrogen (secondary N) is 1. The molecule has 0 saturated heterocycles. The van der Waals surface area contributed by atoms with Crippen LogP contribution in [-0.4, -0.2) is 26.1 Å². The Kier molecular flexibility index (Phi) is 9.46. The van der Waals surface area contributed by atoms with Crippen molar-refractivity contribution >= 4 is 27.1 Å². The lowest BCUT2D eigenvalue weighted by Gasteiger charge is -2.17. The van der Waals surface area contributed by atoms with Crippen LogP contribution in [0.2, 0.25) is 0 Å². The average molecular weight is 443 g/mol. The van der Waals surface area contributed by atoms with Gasteiger partial charge in [-0.15, -0.1) is 17.0 Å². The van der Waals surface area contributed by atoms with Gasteiger partial charge < -0.3 is 11.1 Å². The van der Waals surface area contributed by atoms with E-state index in [2.05, 4.69) is 12.2 Å². The maximum Gasteiger partial charge on any atom is 0.295 e. The summed E-state index contributed by atoms with van der Waals surface area (Å²) in [5.41, 5.74) is 8.38. The van der Waals surface area contributed by atoms with Crippen molar-refractivity contribution in [2.45, 2.75) is 37.6 Å². The molecule has 2 aromatic rings. The summed E-state index contributed by atoms with van der Waals surface area (Å²) in [7, 11) is -4.37. The molecule has 0 radical (unpaired) electrons. The fraction of sp³-hybridized carbons (Fsp3) is 0.368. The molecule has 4 N–H and O–H groups in total. The first-order chi connectivity index (χ1) is 12.0. The van der Waals surface area contributed by atoms with Crippen LogP contribution in [0.15, 0.2) is 47.4 Å². The molecule has 7 heteroatoms. The molecule has 0 fully saturated rings. The van der Waals surface area contributed by atoms with Gasteiger partial charge in [-0.2, -0.15) is 8.42 Å². The molecular formula is C19H27BrN2O3S. The highest BCUT2D eigenvalue weighted by Gasteiger charge is 2.23. The van der Waals surface area contributed by atoms with Crippen LogP contribution in [0.25, 0.3) is 11.1 Å². The highest BCUT2D eigenvalue weighted by atomic mass is 79.9. The summed E-state index contributed by atoms with van der Waals surface area (Å²) >= 11 is 0. The Bertz CT molecular complexity index is 796. The van der Waals surface area contributed by atoms with Gasteiger partial charge in [-0.25, -0.2) is 0 Å². The number of hydrogen-bond acceptors (Lipinski definition) is 4. The van der Waals surface area contributed by atoms with Crippen molar-refractivity contribution in [3.63, 3.8) is 0 Å². The Morgan fingerprint density at radius 1 is 1.04 bits per heavy atom. The van der Waals surface area contributed by atoms with Crippen molar-refractivity contribution in [1.82, 2.24) is 5.32 Å². The topological polar surface area (TPSA) is 92.4 Å². The van der Waals surface area contributed by atoms with Gasteiger partial charge in [-0.1, -0.05) is 49.4 Å². The van der Waals surface area contributed by atoms with Crippen LogP contribution in [0.1, 0.15) is 30.9 Å². The highest BCUT2D eigenvalue weighted by molar-refractivity contribution is 8.93. The van der Waals surface area contributed by atoms with Gasteiger partial charge in [-0.05, 0) is 49.0 Å². The monoisotopic (exact) mass is 442 g/mol. The first-order valence-electron chi connectivity index (χ1n) is 8.57. The molecule has 0 unspecified atom stereocenters. The van der Waals surface area contributed by atoms with Crippen LogP contribution in [0.4, 0.5) is 0 Å². The predicted molar refractivity (Wildman–Crippen MR) is 111 cm³/mol. The third-order valence-corrected chi connectivity index (χ3v) is 5.07. The number of aryl methyl sites for hydroxylation is 1. The van der Waals surface area contributed by atoms with Gasteiger partial charge in [0.05, 0.1) is 0 Å². The molecule has 0 spiro atoms. The number of halogens is 1. The van der Waals surface area contributed by atoms with Gasteiger partial charge in [0, 0.05) is 12.1 Å². The van der Waals surface area contributed by atoms with Crippen molar-refractivity contribution in [1.29, 1.82) is 0 Å². The molecule has 0 aliphatic heterocycles. The third-order valence-electron chi connectivity index (χ3n) is 4.09. The van der Waals surface area contributed by atoms with Crippen LogP contribution in [0.5, 0.6) is 0 Å². The minimum atomic E-state index is -4.37. The van der Waals surface area contributed by atoms with Crippen molar-refractivity contribution in [3.8, 4) is 11.1 Å². The molecule has 0 heterocycles. The molecule has 5 nitrogen and oxygen atoms in total. The Balaban J connectivity index is 0.00000338. The SMILES string of the molecule is Br.CCCNCCCc1ccc(CN)c(-c2ccccc2)c1S(=O)(=O)O. The van der Waals surface area contributed by atoms with Crippen molar-refractivity contribution in [2.75, 3.05) is 13.1 Å². The van der Waals surface area contributed by atoms with E-state index >= 15 is 0 Å². The second-order valence-corrected chi connectivity index (χ2v) is 7.35. The van der Waals surface area contributed by atoms with E-state index in [0.29, 0.717) is 23.1 Å². The molecule has 2 aromatic carbocycles. The number of nitrogens with two attached hydrogens (primary N) is 1. The first-order valence-corrected chi connectivity index (χ1v) is 10.0. The fourth-order valence-corrected chi connectivity index (χ4v) is 3.96. The molecule has 0 aromatic heterocycles. The second kappa shape index (κ2) is 10.8. The predicted octanol–water partition coefficient (Wildman–Crippen LogP) is 3.57. The molecule has 0 bridgehead atoms. The van der Waals surface area contributed by atoms with Crippen LogP contribution < -0.4 is 11.1 Å². The van der Waals surface area contributed by atoms with E-state index in [9.17, 15) is 13.0 Å². The van der Waals surface area contributed by atoms with Gasteiger partial charge in [0.15, 0.2) is 0 Å². The molecular weight excluding hydrogens is 416 g/mol. The standard InChI is InChI=1S/C19H26N2O3S.BrH/c1-2-12-21-13-6-9-16-10-11-17(14-20)18(19(16)25(22,23)24)15-7-4-3-5-8-15;/h3-5,7-8,10-11,21H,2,6,9,12-14,20H2,1H3,(H,22,23,24);1H. The third kappa shape index (κ3) is 5.89. The van der Waals surface area contributed by atoms with Gasteiger partial charge in [0.1, 0.15) is 4.90 Å².